The van der Waals surface area contributed by atoms with Crippen molar-refractivity contribution in [2.45, 2.75) is 32.6 Å². The van der Waals surface area contributed by atoms with Crippen molar-refractivity contribution in [2.75, 3.05) is 6.54 Å². The molecule has 0 N–H and O–H groups in total. The van der Waals surface area contributed by atoms with Crippen molar-refractivity contribution in [2.24, 2.45) is 0 Å². The number of nitrogens with zero attached hydrogens (tertiary/aromatic N) is 1. The van der Waals surface area contributed by atoms with E-state index in [4.69, 9.17) is 4.42 Å². The highest BCUT2D eigenvalue weighted by atomic mass is 16.3. The predicted molar refractivity (Wildman–Crippen MR) is 67.0 cm³/mol. The van der Waals surface area contributed by atoms with Crippen LogP contribution in [0.2, 0.25) is 0 Å². The summed E-state index contributed by atoms with van der Waals surface area (Å²) in [4.78, 5) is 25.3. The minimum Gasteiger partial charge on any atom is -0.461 e. The summed E-state index contributed by atoms with van der Waals surface area (Å²) in [7, 11) is 0. The van der Waals surface area contributed by atoms with Gasteiger partial charge < -0.3 is 9.32 Å². The monoisotopic (exact) mass is 247 g/mol. The summed E-state index contributed by atoms with van der Waals surface area (Å²) in [6, 6.07) is 3.31. The summed E-state index contributed by atoms with van der Waals surface area (Å²) < 4.78 is 5.05. The molecule has 1 saturated heterocycles. The molecule has 2 heterocycles. The standard InChI is InChI=1S/C14H17NO3/c1-2-3-8-15-11(6-7-14(15)17)10-12(16)13-5-4-9-18-13/h4-5,9-10H,2-3,6-8H2,1H3/b11-10+. The fraction of sp³-hybridized carbons (Fsp3) is 0.429. The lowest BCUT2D eigenvalue weighted by molar-refractivity contribution is -0.126. The van der Waals surface area contributed by atoms with Gasteiger partial charge in [0.25, 0.3) is 0 Å². The number of carbonyl (C=O) groups excluding carboxylic acids is 2. The van der Waals surface area contributed by atoms with Crippen LogP contribution in [0.3, 0.4) is 0 Å². The minimum atomic E-state index is -0.175. The maximum Gasteiger partial charge on any atom is 0.227 e. The molecule has 0 aliphatic carbocycles. The van der Waals surface area contributed by atoms with Crippen molar-refractivity contribution in [3.63, 3.8) is 0 Å². The van der Waals surface area contributed by atoms with Crippen LogP contribution in [0.25, 0.3) is 0 Å². The molecule has 0 radical (unpaired) electrons. The second kappa shape index (κ2) is 5.67. The maximum absolute atomic E-state index is 11.9. The summed E-state index contributed by atoms with van der Waals surface area (Å²) in [5.41, 5.74) is 0.815. The second-order valence-corrected chi connectivity index (χ2v) is 4.38. The van der Waals surface area contributed by atoms with Crippen LogP contribution < -0.4 is 0 Å². The molecule has 0 bridgehead atoms. The number of furan rings is 1. The van der Waals surface area contributed by atoms with Crippen molar-refractivity contribution in [1.29, 1.82) is 0 Å². The molecule has 1 aliphatic rings. The van der Waals surface area contributed by atoms with E-state index in [0.717, 1.165) is 18.5 Å². The molecule has 1 aromatic heterocycles. The third-order valence-corrected chi connectivity index (χ3v) is 3.04. The third kappa shape index (κ3) is 2.70. The molecule has 0 atom stereocenters. The van der Waals surface area contributed by atoms with E-state index in [2.05, 4.69) is 6.92 Å². The largest absolute Gasteiger partial charge is 0.461 e. The highest BCUT2D eigenvalue weighted by Gasteiger charge is 2.25. The molecule has 0 unspecified atom stereocenters. The predicted octanol–water partition coefficient (Wildman–Crippen LogP) is 2.77. The first-order valence-electron chi connectivity index (χ1n) is 6.31. The second-order valence-electron chi connectivity index (χ2n) is 4.38. The van der Waals surface area contributed by atoms with E-state index < -0.39 is 0 Å². The zero-order chi connectivity index (χ0) is 13.0. The Morgan fingerprint density at radius 3 is 3.00 bits per heavy atom. The molecular weight excluding hydrogens is 230 g/mol. The number of ketones is 1. The topological polar surface area (TPSA) is 50.5 Å². The number of likely N-dealkylation sites (tertiary alicyclic amines) is 1. The molecular formula is C14H17NO3. The van der Waals surface area contributed by atoms with Crippen molar-refractivity contribution < 1.29 is 14.0 Å². The Hall–Kier alpha value is -1.84. The molecule has 2 rings (SSSR count). The van der Waals surface area contributed by atoms with E-state index in [0.29, 0.717) is 25.1 Å². The van der Waals surface area contributed by atoms with Gasteiger partial charge in [0, 0.05) is 24.7 Å². The normalized spacial score (nSPS) is 17.7. The molecule has 0 spiro atoms. The molecule has 1 fully saturated rings. The number of hydrogen-bond acceptors (Lipinski definition) is 3. The highest BCUT2D eigenvalue weighted by molar-refractivity contribution is 6.03. The zero-order valence-electron chi connectivity index (χ0n) is 10.5. The quantitative estimate of drug-likeness (QED) is 0.594. The number of unbranched alkanes of at least 4 members (excludes halogenated alkanes) is 1. The van der Waals surface area contributed by atoms with Crippen LogP contribution in [0, 0.1) is 0 Å². The summed E-state index contributed by atoms with van der Waals surface area (Å²) in [5.74, 6) is 0.255. The van der Waals surface area contributed by atoms with Gasteiger partial charge in [0.2, 0.25) is 11.7 Å². The Balaban J connectivity index is 2.11. The van der Waals surface area contributed by atoms with Crippen LogP contribution in [0.4, 0.5) is 0 Å². The zero-order valence-corrected chi connectivity index (χ0v) is 10.5. The van der Waals surface area contributed by atoms with Crippen molar-refractivity contribution in [3.05, 3.63) is 35.9 Å². The molecule has 1 aliphatic heterocycles. The van der Waals surface area contributed by atoms with Gasteiger partial charge in [0.15, 0.2) is 5.76 Å². The Morgan fingerprint density at radius 2 is 2.33 bits per heavy atom. The van der Waals surface area contributed by atoms with Crippen LogP contribution in [-0.2, 0) is 4.79 Å². The lowest BCUT2D eigenvalue weighted by Gasteiger charge is -2.17. The molecule has 1 aromatic rings. The molecule has 18 heavy (non-hydrogen) atoms. The van der Waals surface area contributed by atoms with Gasteiger partial charge in [-0.1, -0.05) is 13.3 Å². The fourth-order valence-electron chi connectivity index (χ4n) is 2.04. The number of amides is 1. The smallest absolute Gasteiger partial charge is 0.227 e. The van der Waals surface area contributed by atoms with E-state index in [1.165, 1.54) is 12.3 Å². The Kier molecular flexibility index (Phi) is 3.97. The van der Waals surface area contributed by atoms with Crippen molar-refractivity contribution in [1.82, 2.24) is 4.90 Å². The average Bonchev–Trinajstić information content (AvgIpc) is 2.98. The molecule has 0 aromatic carbocycles. The van der Waals surface area contributed by atoms with E-state index in [1.54, 1.807) is 17.0 Å². The summed E-state index contributed by atoms with van der Waals surface area (Å²) >= 11 is 0. The van der Waals surface area contributed by atoms with Gasteiger partial charge in [-0.25, -0.2) is 0 Å². The van der Waals surface area contributed by atoms with Crippen LogP contribution in [0.5, 0.6) is 0 Å². The number of allylic oxidation sites excluding steroid dienone is 2. The van der Waals surface area contributed by atoms with Crippen LogP contribution in [-0.4, -0.2) is 23.1 Å². The van der Waals surface area contributed by atoms with Gasteiger partial charge in [0.05, 0.1) is 6.26 Å². The summed E-state index contributed by atoms with van der Waals surface area (Å²) in [6.45, 7) is 2.78. The van der Waals surface area contributed by atoms with E-state index >= 15 is 0 Å². The Bertz CT molecular complexity index is 459. The van der Waals surface area contributed by atoms with Crippen molar-refractivity contribution >= 4 is 11.7 Å². The SMILES string of the molecule is CCCCN1C(=O)CC/C1=C\C(=O)c1ccco1. The average molecular weight is 247 g/mol. The molecule has 96 valence electrons. The van der Waals surface area contributed by atoms with Crippen LogP contribution in [0.15, 0.2) is 34.6 Å². The van der Waals surface area contributed by atoms with Crippen LogP contribution in [0.1, 0.15) is 43.2 Å². The number of rotatable bonds is 5. The van der Waals surface area contributed by atoms with Gasteiger partial charge in [0.1, 0.15) is 0 Å². The Labute approximate surface area is 106 Å². The summed E-state index contributed by atoms with van der Waals surface area (Å²) in [6.07, 6.45) is 6.14. The van der Waals surface area contributed by atoms with E-state index in [9.17, 15) is 9.59 Å². The minimum absolute atomic E-state index is 0.113. The third-order valence-electron chi connectivity index (χ3n) is 3.04. The van der Waals surface area contributed by atoms with Gasteiger partial charge in [-0.15, -0.1) is 0 Å². The van der Waals surface area contributed by atoms with Gasteiger partial charge in [-0.3, -0.25) is 9.59 Å². The van der Waals surface area contributed by atoms with E-state index in [-0.39, 0.29) is 11.7 Å². The summed E-state index contributed by atoms with van der Waals surface area (Å²) in [5, 5.41) is 0. The molecule has 1 amide bonds. The first kappa shape index (κ1) is 12.6. The van der Waals surface area contributed by atoms with Gasteiger partial charge in [-0.2, -0.15) is 0 Å². The Morgan fingerprint density at radius 1 is 1.50 bits per heavy atom. The molecule has 0 saturated carbocycles. The lowest BCUT2D eigenvalue weighted by Crippen LogP contribution is -2.24. The van der Waals surface area contributed by atoms with E-state index in [1.807, 2.05) is 0 Å². The maximum atomic E-state index is 11.9. The first-order valence-corrected chi connectivity index (χ1v) is 6.31. The molecule has 4 heteroatoms. The van der Waals surface area contributed by atoms with Crippen LogP contribution >= 0.6 is 0 Å². The van der Waals surface area contributed by atoms with Gasteiger partial charge in [-0.05, 0) is 25.0 Å². The first-order chi connectivity index (χ1) is 8.72. The lowest BCUT2D eigenvalue weighted by atomic mass is 10.2. The van der Waals surface area contributed by atoms with Crippen molar-refractivity contribution in [3.8, 4) is 0 Å². The molecule has 4 nitrogen and oxygen atoms in total. The number of hydrogen-bond donors (Lipinski definition) is 0. The highest BCUT2D eigenvalue weighted by Crippen LogP contribution is 2.23. The van der Waals surface area contributed by atoms with Gasteiger partial charge >= 0.3 is 0 Å². The number of carbonyl (C=O) groups is 2. The fourth-order valence-corrected chi connectivity index (χ4v) is 2.04.